The molecule has 0 radical (unpaired) electrons. The zero-order chi connectivity index (χ0) is 11.1. The molecule has 0 aliphatic rings. The predicted molar refractivity (Wildman–Crippen MR) is 64.3 cm³/mol. The first-order chi connectivity index (χ1) is 7.27. The van der Waals surface area contributed by atoms with Crippen LogP contribution in [0.2, 0.25) is 0 Å². The first-order valence-corrected chi connectivity index (χ1v) is 5.23. The van der Waals surface area contributed by atoms with Crippen molar-refractivity contribution in [2.45, 2.75) is 19.9 Å². The maximum Gasteiger partial charge on any atom is 0.123 e. The molecule has 0 saturated heterocycles. The van der Waals surface area contributed by atoms with Crippen molar-refractivity contribution in [1.82, 2.24) is 5.32 Å². The van der Waals surface area contributed by atoms with Crippen LogP contribution in [-0.2, 0) is 6.54 Å². The standard InChI is InChI=1S/C13H19NO/c1-4-5-8-14-10-12-9-11(2)6-7-13(12)15-3/h4,6-7,9,14H,1,5,8,10H2,2-3H3. The normalized spacial score (nSPS) is 10.0. The summed E-state index contributed by atoms with van der Waals surface area (Å²) < 4.78 is 5.30. The minimum absolute atomic E-state index is 0.846. The van der Waals surface area contributed by atoms with Gasteiger partial charge in [-0.05, 0) is 26.0 Å². The van der Waals surface area contributed by atoms with Gasteiger partial charge >= 0.3 is 0 Å². The maximum absolute atomic E-state index is 5.30. The van der Waals surface area contributed by atoms with Gasteiger partial charge in [-0.15, -0.1) is 6.58 Å². The number of benzene rings is 1. The number of ether oxygens (including phenoxy) is 1. The quantitative estimate of drug-likeness (QED) is 0.569. The molecule has 1 aromatic rings. The molecule has 15 heavy (non-hydrogen) atoms. The van der Waals surface area contributed by atoms with Crippen molar-refractivity contribution in [2.24, 2.45) is 0 Å². The van der Waals surface area contributed by atoms with Gasteiger partial charge < -0.3 is 10.1 Å². The van der Waals surface area contributed by atoms with Gasteiger partial charge in [0.2, 0.25) is 0 Å². The third-order valence-electron chi connectivity index (χ3n) is 2.28. The third-order valence-corrected chi connectivity index (χ3v) is 2.28. The number of aryl methyl sites for hydroxylation is 1. The van der Waals surface area contributed by atoms with Crippen molar-refractivity contribution >= 4 is 0 Å². The Kier molecular flexibility index (Phi) is 4.91. The van der Waals surface area contributed by atoms with E-state index >= 15 is 0 Å². The largest absolute Gasteiger partial charge is 0.496 e. The molecule has 0 aliphatic carbocycles. The first kappa shape index (κ1) is 11.8. The van der Waals surface area contributed by atoms with Crippen LogP contribution in [0.1, 0.15) is 17.5 Å². The Balaban J connectivity index is 2.57. The van der Waals surface area contributed by atoms with Gasteiger partial charge in [0.05, 0.1) is 7.11 Å². The molecule has 0 atom stereocenters. The highest BCUT2D eigenvalue weighted by molar-refractivity contribution is 5.36. The molecule has 2 heteroatoms. The molecule has 0 fully saturated rings. The zero-order valence-corrected chi connectivity index (χ0v) is 9.55. The van der Waals surface area contributed by atoms with Crippen LogP contribution in [0.3, 0.4) is 0 Å². The number of nitrogens with one attached hydrogen (secondary N) is 1. The van der Waals surface area contributed by atoms with E-state index in [1.807, 2.05) is 12.1 Å². The Labute approximate surface area is 92.0 Å². The van der Waals surface area contributed by atoms with E-state index in [0.29, 0.717) is 0 Å². The lowest BCUT2D eigenvalue weighted by Crippen LogP contribution is -2.14. The Morgan fingerprint density at radius 2 is 2.27 bits per heavy atom. The van der Waals surface area contributed by atoms with Gasteiger partial charge in [0.25, 0.3) is 0 Å². The van der Waals surface area contributed by atoms with E-state index in [1.54, 1.807) is 7.11 Å². The number of hydrogen-bond donors (Lipinski definition) is 1. The summed E-state index contributed by atoms with van der Waals surface area (Å²) in [6, 6.07) is 6.23. The Morgan fingerprint density at radius 1 is 1.47 bits per heavy atom. The Morgan fingerprint density at radius 3 is 2.93 bits per heavy atom. The molecule has 0 heterocycles. The summed E-state index contributed by atoms with van der Waals surface area (Å²) in [5.41, 5.74) is 2.47. The molecule has 82 valence electrons. The van der Waals surface area contributed by atoms with E-state index in [9.17, 15) is 0 Å². The summed E-state index contributed by atoms with van der Waals surface area (Å²) in [7, 11) is 1.71. The van der Waals surface area contributed by atoms with Crippen LogP contribution < -0.4 is 10.1 Å². The SMILES string of the molecule is C=CCCNCc1cc(C)ccc1OC. The van der Waals surface area contributed by atoms with Crippen LogP contribution in [0.25, 0.3) is 0 Å². The molecular formula is C13H19NO. The van der Waals surface area contributed by atoms with E-state index in [-0.39, 0.29) is 0 Å². The van der Waals surface area contributed by atoms with Crippen LogP contribution in [0.5, 0.6) is 5.75 Å². The number of hydrogen-bond acceptors (Lipinski definition) is 2. The first-order valence-electron chi connectivity index (χ1n) is 5.23. The summed E-state index contributed by atoms with van der Waals surface area (Å²) in [5, 5.41) is 3.35. The van der Waals surface area contributed by atoms with Crippen molar-refractivity contribution < 1.29 is 4.74 Å². The molecule has 1 aromatic carbocycles. The van der Waals surface area contributed by atoms with Gasteiger partial charge in [0.15, 0.2) is 0 Å². The second-order valence-electron chi connectivity index (χ2n) is 3.57. The van der Waals surface area contributed by atoms with E-state index < -0.39 is 0 Å². The lowest BCUT2D eigenvalue weighted by atomic mass is 10.1. The number of methoxy groups -OCH3 is 1. The summed E-state index contributed by atoms with van der Waals surface area (Å²) in [4.78, 5) is 0. The molecule has 0 amide bonds. The van der Waals surface area contributed by atoms with Crippen LogP contribution >= 0.6 is 0 Å². The highest BCUT2D eigenvalue weighted by Gasteiger charge is 2.01. The van der Waals surface area contributed by atoms with Gasteiger partial charge in [-0.25, -0.2) is 0 Å². The fourth-order valence-corrected chi connectivity index (χ4v) is 1.47. The van der Waals surface area contributed by atoms with Crippen molar-refractivity contribution in [3.05, 3.63) is 42.0 Å². The molecule has 1 N–H and O–H groups in total. The molecule has 0 spiro atoms. The summed E-state index contributed by atoms with van der Waals surface area (Å²) in [5.74, 6) is 0.951. The Hall–Kier alpha value is -1.28. The van der Waals surface area contributed by atoms with Gasteiger partial charge in [-0.1, -0.05) is 23.8 Å². The average Bonchev–Trinajstić information content (AvgIpc) is 2.25. The van der Waals surface area contributed by atoms with E-state index in [1.165, 1.54) is 11.1 Å². The summed E-state index contributed by atoms with van der Waals surface area (Å²) in [6.07, 6.45) is 2.91. The van der Waals surface area contributed by atoms with Gasteiger partial charge in [0.1, 0.15) is 5.75 Å². The van der Waals surface area contributed by atoms with Gasteiger partial charge in [-0.2, -0.15) is 0 Å². The van der Waals surface area contributed by atoms with E-state index in [4.69, 9.17) is 4.74 Å². The summed E-state index contributed by atoms with van der Waals surface area (Å²) >= 11 is 0. The zero-order valence-electron chi connectivity index (χ0n) is 9.55. The Bertz CT molecular complexity index is 320. The van der Waals surface area contributed by atoms with Gasteiger partial charge in [0, 0.05) is 12.1 Å². The molecule has 2 nitrogen and oxygen atoms in total. The fraction of sp³-hybridized carbons (Fsp3) is 0.385. The van der Waals surface area contributed by atoms with Crippen LogP contribution in [0.15, 0.2) is 30.9 Å². The fourth-order valence-electron chi connectivity index (χ4n) is 1.47. The lowest BCUT2D eigenvalue weighted by molar-refractivity contribution is 0.407. The van der Waals surface area contributed by atoms with E-state index in [0.717, 1.165) is 25.3 Å². The topological polar surface area (TPSA) is 21.3 Å². The summed E-state index contributed by atoms with van der Waals surface area (Å²) in [6.45, 7) is 7.58. The smallest absolute Gasteiger partial charge is 0.123 e. The molecule has 0 aromatic heterocycles. The predicted octanol–water partition coefficient (Wildman–Crippen LogP) is 2.67. The van der Waals surface area contributed by atoms with Crippen molar-refractivity contribution in [1.29, 1.82) is 0 Å². The molecule has 0 unspecified atom stereocenters. The van der Waals surface area contributed by atoms with Crippen LogP contribution in [0.4, 0.5) is 0 Å². The lowest BCUT2D eigenvalue weighted by Gasteiger charge is -2.10. The molecule has 0 saturated carbocycles. The van der Waals surface area contributed by atoms with Crippen LogP contribution in [-0.4, -0.2) is 13.7 Å². The highest BCUT2D eigenvalue weighted by atomic mass is 16.5. The number of rotatable bonds is 6. The molecule has 1 rings (SSSR count). The molecule has 0 aliphatic heterocycles. The minimum Gasteiger partial charge on any atom is -0.496 e. The molecule has 0 bridgehead atoms. The molecular weight excluding hydrogens is 186 g/mol. The van der Waals surface area contributed by atoms with Crippen molar-refractivity contribution in [2.75, 3.05) is 13.7 Å². The van der Waals surface area contributed by atoms with Crippen LogP contribution in [0, 0.1) is 6.92 Å². The average molecular weight is 205 g/mol. The van der Waals surface area contributed by atoms with Gasteiger partial charge in [-0.3, -0.25) is 0 Å². The highest BCUT2D eigenvalue weighted by Crippen LogP contribution is 2.19. The minimum atomic E-state index is 0.846. The maximum atomic E-state index is 5.30. The third kappa shape index (κ3) is 3.76. The van der Waals surface area contributed by atoms with Crippen molar-refractivity contribution in [3.63, 3.8) is 0 Å². The van der Waals surface area contributed by atoms with Crippen molar-refractivity contribution in [3.8, 4) is 5.75 Å². The second-order valence-corrected chi connectivity index (χ2v) is 3.57. The second kappa shape index (κ2) is 6.25. The monoisotopic (exact) mass is 205 g/mol. The van der Waals surface area contributed by atoms with E-state index in [2.05, 4.69) is 31.0 Å².